The van der Waals surface area contributed by atoms with Crippen LogP contribution in [0.3, 0.4) is 0 Å². The van der Waals surface area contributed by atoms with Crippen molar-refractivity contribution >= 4 is 11.8 Å². The van der Waals surface area contributed by atoms with Crippen molar-refractivity contribution in [2.75, 3.05) is 13.2 Å². The first kappa shape index (κ1) is 21.7. The van der Waals surface area contributed by atoms with Crippen molar-refractivity contribution in [2.24, 2.45) is 16.7 Å². The molecule has 0 bridgehead atoms. The molecule has 0 aromatic carbocycles. The van der Waals surface area contributed by atoms with Gasteiger partial charge >= 0.3 is 5.97 Å². The Balaban J connectivity index is 1.81. The van der Waals surface area contributed by atoms with Gasteiger partial charge in [0, 0.05) is 11.3 Å². The zero-order valence-electron chi connectivity index (χ0n) is 18.3. The summed E-state index contributed by atoms with van der Waals surface area (Å²) >= 11 is 0. The lowest BCUT2D eigenvalue weighted by Crippen LogP contribution is -2.59. The van der Waals surface area contributed by atoms with Crippen LogP contribution >= 0.6 is 0 Å². The molecule has 3 aliphatic rings. The summed E-state index contributed by atoms with van der Waals surface area (Å²) in [6, 6.07) is 0. The van der Waals surface area contributed by atoms with E-state index in [9.17, 15) is 9.59 Å². The fourth-order valence-electron chi connectivity index (χ4n) is 4.09. The first-order chi connectivity index (χ1) is 12.7. The summed E-state index contributed by atoms with van der Waals surface area (Å²) in [4.78, 5) is 25.0. The van der Waals surface area contributed by atoms with E-state index in [1.165, 1.54) is 0 Å². The lowest BCUT2D eigenvalue weighted by atomic mass is 9.73. The standard InChI is InChI=1S/C21H34O7/c1-12-13(22)9-21(26-14(12)10-24-17(23)18(2,3)4)19(5,6)16-15(27-21)11-25-20(7,8)28-16/h12,14-16H,9-11H2,1-8H3/t12?,14-,15+,16-,21+/m0/s1. The summed E-state index contributed by atoms with van der Waals surface area (Å²) < 4.78 is 30.0. The van der Waals surface area contributed by atoms with Gasteiger partial charge in [0.15, 0.2) is 11.6 Å². The van der Waals surface area contributed by atoms with Crippen LogP contribution in [-0.4, -0.2) is 54.9 Å². The minimum absolute atomic E-state index is 0.0163. The van der Waals surface area contributed by atoms with Crippen molar-refractivity contribution in [2.45, 2.75) is 91.7 Å². The Kier molecular flexibility index (Phi) is 5.23. The first-order valence-corrected chi connectivity index (χ1v) is 10.1. The van der Waals surface area contributed by atoms with Gasteiger partial charge in [0.25, 0.3) is 0 Å². The zero-order valence-corrected chi connectivity index (χ0v) is 18.3. The average molecular weight is 398 g/mol. The van der Waals surface area contributed by atoms with Crippen molar-refractivity contribution in [1.82, 2.24) is 0 Å². The number of esters is 1. The molecule has 0 radical (unpaired) electrons. The van der Waals surface area contributed by atoms with Crippen LogP contribution in [0.5, 0.6) is 0 Å². The molecule has 7 nitrogen and oxygen atoms in total. The molecule has 28 heavy (non-hydrogen) atoms. The van der Waals surface area contributed by atoms with Crippen LogP contribution in [0.4, 0.5) is 0 Å². The molecule has 0 N–H and O–H groups in total. The Morgan fingerprint density at radius 1 is 1.14 bits per heavy atom. The predicted molar refractivity (Wildman–Crippen MR) is 100 cm³/mol. The van der Waals surface area contributed by atoms with Crippen LogP contribution in [0.15, 0.2) is 0 Å². The summed E-state index contributed by atoms with van der Waals surface area (Å²) in [5, 5.41) is 0. The fraction of sp³-hybridized carbons (Fsp3) is 0.905. The van der Waals surface area contributed by atoms with Crippen LogP contribution < -0.4 is 0 Å². The quantitative estimate of drug-likeness (QED) is 0.662. The Morgan fingerprint density at radius 2 is 1.79 bits per heavy atom. The molecule has 1 spiro atoms. The van der Waals surface area contributed by atoms with Crippen LogP contribution in [0.25, 0.3) is 0 Å². The molecule has 0 aromatic heterocycles. The van der Waals surface area contributed by atoms with Crippen molar-refractivity contribution in [1.29, 1.82) is 0 Å². The van der Waals surface area contributed by atoms with Crippen molar-refractivity contribution in [3.8, 4) is 0 Å². The van der Waals surface area contributed by atoms with E-state index in [2.05, 4.69) is 0 Å². The number of rotatable bonds is 2. The second-order valence-corrected chi connectivity index (χ2v) is 10.3. The summed E-state index contributed by atoms with van der Waals surface area (Å²) in [5.41, 5.74) is -1.20. The summed E-state index contributed by atoms with van der Waals surface area (Å²) in [5.74, 6) is -2.52. The van der Waals surface area contributed by atoms with Gasteiger partial charge in [-0.2, -0.15) is 0 Å². The molecule has 0 saturated carbocycles. The van der Waals surface area contributed by atoms with E-state index in [4.69, 9.17) is 23.7 Å². The van der Waals surface area contributed by atoms with Crippen molar-refractivity contribution < 1.29 is 33.3 Å². The van der Waals surface area contributed by atoms with Gasteiger partial charge in [0.2, 0.25) is 0 Å². The Morgan fingerprint density at radius 3 is 2.39 bits per heavy atom. The summed E-state index contributed by atoms with van der Waals surface area (Å²) in [7, 11) is 0. The van der Waals surface area contributed by atoms with Crippen LogP contribution in [0.2, 0.25) is 0 Å². The van der Waals surface area contributed by atoms with E-state index in [-0.39, 0.29) is 42.9 Å². The number of ether oxygens (including phenoxy) is 5. The average Bonchev–Trinajstić information content (AvgIpc) is 2.75. The highest BCUT2D eigenvalue weighted by Gasteiger charge is 2.67. The summed E-state index contributed by atoms with van der Waals surface area (Å²) in [6.07, 6.45) is -1.01. The number of Topliss-reactive ketones (excluding diaryl/α,β-unsaturated/α-hetero) is 1. The lowest BCUT2D eigenvalue weighted by molar-refractivity contribution is -0.313. The van der Waals surface area contributed by atoms with Crippen molar-refractivity contribution in [3.05, 3.63) is 0 Å². The molecule has 160 valence electrons. The van der Waals surface area contributed by atoms with Gasteiger partial charge in [-0.3, -0.25) is 9.59 Å². The van der Waals surface area contributed by atoms with E-state index >= 15 is 0 Å². The number of carbonyl (C=O) groups excluding carboxylic acids is 2. The molecular weight excluding hydrogens is 364 g/mol. The Bertz CT molecular complexity index is 648. The highest BCUT2D eigenvalue weighted by atomic mass is 16.8. The van der Waals surface area contributed by atoms with Crippen LogP contribution in [-0.2, 0) is 33.3 Å². The molecule has 7 heteroatoms. The summed E-state index contributed by atoms with van der Waals surface area (Å²) in [6.45, 7) is 15.3. The van der Waals surface area contributed by atoms with Gasteiger partial charge in [0.1, 0.15) is 24.6 Å². The van der Waals surface area contributed by atoms with E-state index < -0.39 is 28.5 Å². The number of hydrogen-bond donors (Lipinski definition) is 0. The smallest absolute Gasteiger partial charge is 0.311 e. The fourth-order valence-corrected chi connectivity index (χ4v) is 4.09. The Hall–Kier alpha value is -1.02. The highest BCUT2D eigenvalue weighted by molar-refractivity contribution is 5.83. The predicted octanol–water partition coefficient (Wildman–Crippen LogP) is 2.84. The molecule has 0 aromatic rings. The monoisotopic (exact) mass is 398 g/mol. The third-order valence-corrected chi connectivity index (χ3v) is 6.18. The van der Waals surface area contributed by atoms with E-state index in [0.29, 0.717) is 6.61 Å². The van der Waals surface area contributed by atoms with Gasteiger partial charge in [0.05, 0.1) is 24.5 Å². The minimum Gasteiger partial charge on any atom is -0.462 e. The maximum absolute atomic E-state index is 12.9. The molecule has 3 rings (SSSR count). The van der Waals surface area contributed by atoms with E-state index in [1.807, 2.05) is 34.6 Å². The van der Waals surface area contributed by atoms with E-state index in [1.54, 1.807) is 20.8 Å². The topological polar surface area (TPSA) is 80.3 Å². The molecule has 3 saturated heterocycles. The molecular formula is C21H34O7. The molecule has 3 fully saturated rings. The molecule has 1 unspecified atom stereocenters. The molecule has 0 aliphatic carbocycles. The van der Waals surface area contributed by atoms with Gasteiger partial charge < -0.3 is 23.7 Å². The molecule has 0 amide bonds. The SMILES string of the molecule is CC1C(=O)C[C@@]2(O[C@H]1COC(=O)C(C)(C)C)O[C@@H]1COC(C)(C)O[C@@H]1C2(C)C. The lowest BCUT2D eigenvalue weighted by Gasteiger charge is -2.48. The second kappa shape index (κ2) is 6.76. The maximum atomic E-state index is 12.9. The zero-order chi connectivity index (χ0) is 21.1. The molecule has 3 aliphatic heterocycles. The van der Waals surface area contributed by atoms with Gasteiger partial charge in [-0.1, -0.05) is 20.8 Å². The van der Waals surface area contributed by atoms with Gasteiger partial charge in [-0.25, -0.2) is 0 Å². The number of ketones is 1. The van der Waals surface area contributed by atoms with Crippen molar-refractivity contribution in [3.63, 3.8) is 0 Å². The third-order valence-electron chi connectivity index (χ3n) is 6.18. The largest absolute Gasteiger partial charge is 0.462 e. The number of carbonyl (C=O) groups is 2. The van der Waals surface area contributed by atoms with Crippen LogP contribution in [0.1, 0.15) is 61.8 Å². The number of fused-ring (bicyclic) bond motifs is 1. The minimum atomic E-state index is -1.13. The molecule has 3 heterocycles. The number of hydrogen-bond acceptors (Lipinski definition) is 7. The van der Waals surface area contributed by atoms with Gasteiger partial charge in [-0.15, -0.1) is 0 Å². The maximum Gasteiger partial charge on any atom is 0.311 e. The normalized spacial score (nSPS) is 39.6. The second-order valence-electron chi connectivity index (χ2n) is 10.3. The van der Waals surface area contributed by atoms with E-state index in [0.717, 1.165) is 0 Å². The van der Waals surface area contributed by atoms with Gasteiger partial charge in [-0.05, 0) is 34.6 Å². The first-order valence-electron chi connectivity index (χ1n) is 10.1. The van der Waals surface area contributed by atoms with Crippen LogP contribution in [0, 0.1) is 16.7 Å². The highest BCUT2D eigenvalue weighted by Crippen LogP contribution is 2.55. The molecule has 5 atom stereocenters. The third kappa shape index (κ3) is 3.62. The Labute approximate surface area is 167 Å².